The van der Waals surface area contributed by atoms with Crippen molar-refractivity contribution in [3.8, 4) is 22.5 Å². The number of carbonyl (C=O) groups is 2. The molecular weight excluding hydrogens is 452 g/mol. The highest BCUT2D eigenvalue weighted by Crippen LogP contribution is 2.33. The Morgan fingerprint density at radius 2 is 1.70 bits per heavy atom. The first kappa shape index (κ1) is 24.0. The number of amides is 1. The summed E-state index contributed by atoms with van der Waals surface area (Å²) in [5.74, 6) is -1.88. The van der Waals surface area contributed by atoms with Crippen molar-refractivity contribution in [2.24, 2.45) is 0 Å². The molecule has 0 saturated carbocycles. The number of Topliss-reactive ketones (excluding diaryl/α,β-unsaturated/α-hetero) is 1. The molecule has 4 rings (SSSR count). The van der Waals surface area contributed by atoms with Gasteiger partial charge in [0.15, 0.2) is 0 Å². The van der Waals surface area contributed by atoms with Crippen molar-refractivity contribution in [1.82, 2.24) is 15.3 Å². The van der Waals surface area contributed by atoms with Gasteiger partial charge in [-0.2, -0.15) is 26.3 Å². The van der Waals surface area contributed by atoms with Crippen LogP contribution in [0.4, 0.5) is 26.3 Å². The number of hydrogen-bond acceptors (Lipinski definition) is 3. The number of H-pyrrole nitrogens is 1. The average molecular weight is 469 g/mol. The van der Waals surface area contributed by atoms with Crippen LogP contribution >= 0.6 is 0 Å². The number of alkyl halides is 6. The Kier molecular flexibility index (Phi) is 6.61. The number of aromatic amines is 1. The summed E-state index contributed by atoms with van der Waals surface area (Å²) in [6.07, 6.45) is -6.78. The van der Waals surface area contributed by atoms with Crippen LogP contribution in [0.25, 0.3) is 22.5 Å². The van der Waals surface area contributed by atoms with Gasteiger partial charge in [0.1, 0.15) is 0 Å². The van der Waals surface area contributed by atoms with E-state index >= 15 is 0 Å². The number of hydrogen-bond donors (Lipinski definition) is 2. The monoisotopic (exact) mass is 469 g/mol. The smallest absolute Gasteiger partial charge is 0.358 e. The lowest BCUT2D eigenvalue weighted by atomic mass is 10.0. The molecule has 0 radical (unpaired) electrons. The Labute approximate surface area is 183 Å². The minimum Gasteiger partial charge on any atom is -0.358 e. The van der Waals surface area contributed by atoms with Crippen LogP contribution < -0.4 is 5.32 Å². The third-order valence-corrected chi connectivity index (χ3v) is 4.76. The second-order valence-electron chi connectivity index (χ2n) is 7.14. The molecule has 1 amide bonds. The summed E-state index contributed by atoms with van der Waals surface area (Å²) >= 11 is 0. The first-order valence-corrected chi connectivity index (χ1v) is 9.58. The molecule has 5 nitrogen and oxygen atoms in total. The molecule has 0 bridgehead atoms. The van der Waals surface area contributed by atoms with Crippen LogP contribution in [0.15, 0.2) is 48.7 Å². The number of rotatable bonds is 2. The van der Waals surface area contributed by atoms with Gasteiger partial charge in [-0.25, -0.2) is 0 Å². The lowest BCUT2D eigenvalue weighted by molar-refractivity contribution is -0.168. The van der Waals surface area contributed by atoms with E-state index in [1.165, 1.54) is 6.07 Å². The summed E-state index contributed by atoms with van der Waals surface area (Å²) in [4.78, 5) is 28.7. The number of fused-ring (bicyclic) bond motifs is 1. The standard InChI is InChI=1S/C19H14F3N3O.C3H3F3O/c20-19(21,22)13-3-1-2-11(8-13)16-9-12(4-6-23-16)17-10-14-15(25-17)5-7-24-18(14)26;1-2(7)3(4,5)6/h1-4,6,8-10,25H,5,7H2,(H,24,26);1H3. The number of carbonyl (C=O) groups excluding carboxylic acids is 2. The number of aromatic nitrogens is 2. The van der Waals surface area contributed by atoms with E-state index in [1.54, 1.807) is 30.5 Å². The van der Waals surface area contributed by atoms with E-state index in [2.05, 4.69) is 15.3 Å². The van der Waals surface area contributed by atoms with Crippen LogP contribution in [0, 0.1) is 0 Å². The predicted molar refractivity (Wildman–Crippen MR) is 107 cm³/mol. The van der Waals surface area contributed by atoms with Crippen molar-refractivity contribution >= 4 is 11.7 Å². The second kappa shape index (κ2) is 9.08. The molecule has 1 aliphatic rings. The van der Waals surface area contributed by atoms with Crippen LogP contribution in [-0.4, -0.2) is 34.4 Å². The molecule has 2 aromatic heterocycles. The number of benzene rings is 1. The fourth-order valence-corrected chi connectivity index (χ4v) is 3.06. The largest absolute Gasteiger partial charge is 0.449 e. The molecule has 0 unspecified atom stereocenters. The van der Waals surface area contributed by atoms with Gasteiger partial charge in [0.05, 0.1) is 16.8 Å². The zero-order valence-electron chi connectivity index (χ0n) is 17.1. The molecule has 0 spiro atoms. The molecule has 1 aliphatic heterocycles. The molecule has 2 N–H and O–H groups in total. The van der Waals surface area contributed by atoms with Crippen LogP contribution in [0.1, 0.15) is 28.5 Å². The molecule has 0 atom stereocenters. The summed E-state index contributed by atoms with van der Waals surface area (Å²) in [6.45, 7) is 1.07. The maximum absolute atomic E-state index is 12.9. The molecule has 3 heterocycles. The van der Waals surface area contributed by atoms with Gasteiger partial charge in [-0.15, -0.1) is 0 Å². The first-order chi connectivity index (χ1) is 15.4. The third-order valence-electron chi connectivity index (χ3n) is 4.76. The number of ketones is 1. The Morgan fingerprint density at radius 1 is 1.00 bits per heavy atom. The lowest BCUT2D eigenvalue weighted by Crippen LogP contribution is -2.31. The third kappa shape index (κ3) is 5.79. The Balaban J connectivity index is 0.000000383. The van der Waals surface area contributed by atoms with Gasteiger partial charge in [0, 0.05) is 48.6 Å². The Bertz CT molecular complexity index is 1180. The van der Waals surface area contributed by atoms with Gasteiger partial charge in [-0.1, -0.05) is 12.1 Å². The highest BCUT2D eigenvalue weighted by molar-refractivity contribution is 5.97. The minimum absolute atomic E-state index is 0.124. The normalized spacial score (nSPS) is 13.5. The quantitative estimate of drug-likeness (QED) is 0.508. The average Bonchev–Trinajstić information content (AvgIpc) is 3.19. The first-order valence-electron chi connectivity index (χ1n) is 9.58. The number of nitrogens with zero attached hydrogens (tertiary/aromatic N) is 1. The minimum atomic E-state index is -4.64. The highest BCUT2D eigenvalue weighted by atomic mass is 19.4. The summed E-state index contributed by atoms with van der Waals surface area (Å²) in [5, 5.41) is 2.78. The van der Waals surface area contributed by atoms with E-state index in [9.17, 15) is 35.9 Å². The van der Waals surface area contributed by atoms with Crippen molar-refractivity contribution in [1.29, 1.82) is 0 Å². The number of pyridine rings is 1. The summed E-state index contributed by atoms with van der Waals surface area (Å²) < 4.78 is 71.3. The van der Waals surface area contributed by atoms with Crippen LogP contribution in [-0.2, 0) is 17.4 Å². The van der Waals surface area contributed by atoms with Crippen LogP contribution in [0.5, 0.6) is 0 Å². The molecule has 3 aromatic rings. The van der Waals surface area contributed by atoms with Crippen molar-refractivity contribution in [2.45, 2.75) is 25.7 Å². The molecule has 33 heavy (non-hydrogen) atoms. The summed E-state index contributed by atoms with van der Waals surface area (Å²) in [7, 11) is 0. The molecule has 0 saturated heterocycles. The van der Waals surface area contributed by atoms with E-state index in [0.717, 1.165) is 29.1 Å². The Hall–Kier alpha value is -3.63. The summed E-state index contributed by atoms with van der Waals surface area (Å²) in [6, 6.07) is 10.3. The van der Waals surface area contributed by atoms with Crippen LogP contribution in [0.2, 0.25) is 0 Å². The maximum atomic E-state index is 12.9. The van der Waals surface area contributed by atoms with Crippen LogP contribution in [0.3, 0.4) is 0 Å². The van der Waals surface area contributed by atoms with Gasteiger partial charge in [0.2, 0.25) is 5.78 Å². The van der Waals surface area contributed by atoms with E-state index in [4.69, 9.17) is 0 Å². The second-order valence-corrected chi connectivity index (χ2v) is 7.14. The van der Waals surface area contributed by atoms with E-state index in [0.29, 0.717) is 36.7 Å². The molecule has 11 heteroatoms. The molecular formula is C22H17F6N3O2. The number of halogens is 6. The zero-order valence-corrected chi connectivity index (χ0v) is 17.1. The van der Waals surface area contributed by atoms with Crippen molar-refractivity contribution in [2.75, 3.05) is 6.54 Å². The van der Waals surface area contributed by atoms with E-state index in [-0.39, 0.29) is 5.91 Å². The van der Waals surface area contributed by atoms with Gasteiger partial charge in [0.25, 0.3) is 5.91 Å². The zero-order chi connectivity index (χ0) is 24.4. The fourth-order valence-electron chi connectivity index (χ4n) is 3.06. The van der Waals surface area contributed by atoms with Gasteiger partial charge < -0.3 is 10.3 Å². The molecule has 0 fully saturated rings. The van der Waals surface area contributed by atoms with Crippen molar-refractivity contribution < 1.29 is 35.9 Å². The number of nitrogens with one attached hydrogen (secondary N) is 2. The van der Waals surface area contributed by atoms with Gasteiger partial charge in [-0.3, -0.25) is 14.6 Å². The highest BCUT2D eigenvalue weighted by Gasteiger charge is 2.33. The fraction of sp³-hybridized carbons (Fsp3) is 0.227. The molecule has 0 aliphatic carbocycles. The SMILES string of the molecule is CC(=O)C(F)(F)F.O=C1NCCc2[nH]c(-c3ccnc(-c4cccc(C(F)(F)F)c4)c3)cc21. The molecule has 1 aromatic carbocycles. The molecule has 174 valence electrons. The van der Waals surface area contributed by atoms with Crippen molar-refractivity contribution in [3.63, 3.8) is 0 Å². The van der Waals surface area contributed by atoms with Crippen molar-refractivity contribution in [3.05, 3.63) is 65.5 Å². The Morgan fingerprint density at radius 3 is 2.30 bits per heavy atom. The summed E-state index contributed by atoms with van der Waals surface area (Å²) in [5.41, 5.74) is 3.07. The van der Waals surface area contributed by atoms with E-state index < -0.39 is 23.7 Å². The topological polar surface area (TPSA) is 74.8 Å². The van der Waals surface area contributed by atoms with Gasteiger partial charge in [-0.05, 0) is 30.3 Å². The van der Waals surface area contributed by atoms with E-state index in [1.807, 2.05) is 0 Å². The lowest BCUT2D eigenvalue weighted by Gasteiger charge is -2.11. The van der Waals surface area contributed by atoms with Gasteiger partial charge >= 0.3 is 12.4 Å². The maximum Gasteiger partial charge on any atom is 0.449 e. The predicted octanol–water partition coefficient (Wildman–Crippen LogP) is 5.19.